The summed E-state index contributed by atoms with van der Waals surface area (Å²) < 4.78 is 11.8. The molecule has 1 heterocycles. The van der Waals surface area contributed by atoms with Crippen molar-refractivity contribution in [2.24, 2.45) is 0 Å². The molecular weight excluding hydrogens is 204 g/mol. The van der Waals surface area contributed by atoms with E-state index in [1.54, 1.807) is 0 Å². The molecule has 2 aromatic carbocycles. The van der Waals surface area contributed by atoms with Gasteiger partial charge in [-0.3, -0.25) is 4.21 Å². The highest BCUT2D eigenvalue weighted by Gasteiger charge is 2.12. The molecule has 0 N–H and O–H groups in total. The van der Waals surface area contributed by atoms with Crippen LogP contribution in [0.4, 0.5) is 0 Å². The number of hydrogen-bond acceptors (Lipinski definition) is 1. The average molecular weight is 214 g/mol. The van der Waals surface area contributed by atoms with Crippen LogP contribution in [-0.2, 0) is 10.8 Å². The van der Waals surface area contributed by atoms with Gasteiger partial charge in [-0.2, -0.15) is 0 Å². The SMILES string of the molecule is O=S1CC=Cc2cc3ccccc3cc21. The summed E-state index contributed by atoms with van der Waals surface area (Å²) in [7, 11) is -0.858. The lowest BCUT2D eigenvalue weighted by Crippen LogP contribution is -2.02. The topological polar surface area (TPSA) is 17.1 Å². The molecule has 0 fully saturated rings. The minimum Gasteiger partial charge on any atom is -0.254 e. The highest BCUT2D eigenvalue weighted by molar-refractivity contribution is 7.85. The molecule has 0 radical (unpaired) electrons. The first-order chi connectivity index (χ1) is 7.34. The predicted molar refractivity (Wildman–Crippen MR) is 64.3 cm³/mol. The normalized spacial score (nSPS) is 19.1. The van der Waals surface area contributed by atoms with Crippen molar-refractivity contribution >= 4 is 27.6 Å². The molecule has 0 aromatic heterocycles. The van der Waals surface area contributed by atoms with E-state index in [0.29, 0.717) is 5.75 Å². The van der Waals surface area contributed by atoms with Crippen LogP contribution in [-0.4, -0.2) is 9.96 Å². The van der Waals surface area contributed by atoms with E-state index < -0.39 is 10.8 Å². The number of rotatable bonds is 0. The van der Waals surface area contributed by atoms with Gasteiger partial charge < -0.3 is 0 Å². The average Bonchev–Trinajstić information content (AvgIpc) is 2.27. The summed E-state index contributed by atoms with van der Waals surface area (Å²) in [5, 5.41) is 2.37. The van der Waals surface area contributed by atoms with Crippen molar-refractivity contribution in [2.75, 3.05) is 5.75 Å². The van der Waals surface area contributed by atoms with Gasteiger partial charge in [-0.1, -0.05) is 36.4 Å². The number of hydrogen-bond donors (Lipinski definition) is 0. The van der Waals surface area contributed by atoms with Crippen LogP contribution in [0.5, 0.6) is 0 Å². The second-order valence-corrected chi connectivity index (χ2v) is 5.12. The minimum atomic E-state index is -0.858. The fourth-order valence-corrected chi connectivity index (χ4v) is 3.02. The van der Waals surface area contributed by atoms with Gasteiger partial charge in [0.2, 0.25) is 0 Å². The molecular formula is C13H10OS. The summed E-state index contributed by atoms with van der Waals surface area (Å²) >= 11 is 0. The van der Waals surface area contributed by atoms with Gasteiger partial charge in [0, 0.05) is 10.6 Å². The van der Waals surface area contributed by atoms with Gasteiger partial charge in [-0.15, -0.1) is 0 Å². The Morgan fingerprint density at radius 3 is 2.60 bits per heavy atom. The van der Waals surface area contributed by atoms with Crippen molar-refractivity contribution < 1.29 is 4.21 Å². The molecule has 1 unspecified atom stereocenters. The Hall–Kier alpha value is -1.41. The molecule has 0 spiro atoms. The molecule has 3 rings (SSSR count). The molecule has 0 amide bonds. The van der Waals surface area contributed by atoms with E-state index in [1.165, 1.54) is 10.8 Å². The van der Waals surface area contributed by atoms with Gasteiger partial charge in [-0.25, -0.2) is 0 Å². The summed E-state index contributed by atoms with van der Waals surface area (Å²) in [6.07, 6.45) is 4.04. The van der Waals surface area contributed by atoms with Crippen LogP contribution in [0.25, 0.3) is 16.8 Å². The van der Waals surface area contributed by atoms with Crippen molar-refractivity contribution in [1.29, 1.82) is 0 Å². The van der Waals surface area contributed by atoms with E-state index in [1.807, 2.05) is 24.3 Å². The Kier molecular flexibility index (Phi) is 1.96. The van der Waals surface area contributed by atoms with Crippen molar-refractivity contribution in [3.63, 3.8) is 0 Å². The predicted octanol–water partition coefficient (Wildman–Crippen LogP) is 2.97. The largest absolute Gasteiger partial charge is 0.254 e. The van der Waals surface area contributed by atoms with E-state index in [0.717, 1.165) is 10.5 Å². The first-order valence-corrected chi connectivity index (χ1v) is 6.24. The zero-order valence-corrected chi connectivity index (χ0v) is 8.96. The van der Waals surface area contributed by atoms with Gasteiger partial charge in [0.15, 0.2) is 0 Å². The van der Waals surface area contributed by atoms with Crippen LogP contribution >= 0.6 is 0 Å². The molecule has 0 saturated heterocycles. The van der Waals surface area contributed by atoms with Gasteiger partial charge in [0.25, 0.3) is 0 Å². The Morgan fingerprint density at radius 1 is 1.07 bits per heavy atom. The quantitative estimate of drug-likeness (QED) is 0.659. The molecule has 1 aliphatic heterocycles. The second kappa shape index (κ2) is 3.31. The molecule has 0 bridgehead atoms. The smallest absolute Gasteiger partial charge is 0.0574 e. The van der Waals surface area contributed by atoms with Gasteiger partial charge in [0.05, 0.1) is 10.8 Å². The first-order valence-electron chi connectivity index (χ1n) is 4.92. The van der Waals surface area contributed by atoms with Gasteiger partial charge in [0.1, 0.15) is 0 Å². The van der Waals surface area contributed by atoms with E-state index in [-0.39, 0.29) is 0 Å². The highest BCUT2D eigenvalue weighted by atomic mass is 32.2. The maximum absolute atomic E-state index is 11.8. The zero-order chi connectivity index (χ0) is 10.3. The van der Waals surface area contributed by atoms with Crippen LogP contribution in [0.2, 0.25) is 0 Å². The number of fused-ring (bicyclic) bond motifs is 2. The fourth-order valence-electron chi connectivity index (χ4n) is 1.92. The summed E-state index contributed by atoms with van der Waals surface area (Å²) in [5.41, 5.74) is 1.10. The molecule has 74 valence electrons. The molecule has 1 atom stereocenters. The molecule has 1 aliphatic rings. The standard InChI is InChI=1S/C13H10OS/c14-15-7-3-6-12-8-10-4-1-2-5-11(10)9-13(12)15/h1-6,8-9H,7H2. The van der Waals surface area contributed by atoms with Crippen molar-refractivity contribution in [1.82, 2.24) is 0 Å². The van der Waals surface area contributed by atoms with Crippen LogP contribution < -0.4 is 0 Å². The Balaban J connectivity index is 2.38. The van der Waals surface area contributed by atoms with Crippen LogP contribution in [0, 0.1) is 0 Å². The van der Waals surface area contributed by atoms with Gasteiger partial charge >= 0.3 is 0 Å². The zero-order valence-electron chi connectivity index (χ0n) is 8.14. The summed E-state index contributed by atoms with van der Waals surface area (Å²) in [5.74, 6) is 0.644. The Morgan fingerprint density at radius 2 is 1.80 bits per heavy atom. The van der Waals surface area contributed by atoms with Crippen LogP contribution in [0.1, 0.15) is 5.56 Å². The third kappa shape index (κ3) is 1.41. The van der Waals surface area contributed by atoms with E-state index in [9.17, 15) is 4.21 Å². The number of benzene rings is 2. The lowest BCUT2D eigenvalue weighted by Gasteiger charge is -2.11. The van der Waals surface area contributed by atoms with E-state index in [4.69, 9.17) is 0 Å². The van der Waals surface area contributed by atoms with Crippen molar-refractivity contribution in [2.45, 2.75) is 4.90 Å². The van der Waals surface area contributed by atoms with Crippen LogP contribution in [0.15, 0.2) is 47.4 Å². The van der Waals surface area contributed by atoms with Gasteiger partial charge in [-0.05, 0) is 28.5 Å². The summed E-state index contributed by atoms with van der Waals surface area (Å²) in [6.45, 7) is 0. The maximum Gasteiger partial charge on any atom is 0.0574 e. The lowest BCUT2D eigenvalue weighted by atomic mass is 10.1. The maximum atomic E-state index is 11.8. The summed E-state index contributed by atoms with van der Waals surface area (Å²) in [4.78, 5) is 0.969. The van der Waals surface area contributed by atoms with Crippen molar-refractivity contribution in [3.05, 3.63) is 48.0 Å². The fraction of sp³-hybridized carbons (Fsp3) is 0.0769. The highest BCUT2D eigenvalue weighted by Crippen LogP contribution is 2.26. The van der Waals surface area contributed by atoms with E-state index >= 15 is 0 Å². The third-order valence-corrected chi connectivity index (χ3v) is 4.01. The monoisotopic (exact) mass is 214 g/mol. The molecule has 2 heteroatoms. The molecule has 0 aliphatic carbocycles. The third-order valence-electron chi connectivity index (χ3n) is 2.67. The molecule has 1 nitrogen and oxygen atoms in total. The Labute approximate surface area is 90.9 Å². The van der Waals surface area contributed by atoms with E-state index in [2.05, 4.69) is 24.3 Å². The molecule has 2 aromatic rings. The van der Waals surface area contributed by atoms with Crippen molar-refractivity contribution in [3.8, 4) is 0 Å². The summed E-state index contributed by atoms with van der Waals surface area (Å²) in [6, 6.07) is 12.3. The lowest BCUT2D eigenvalue weighted by molar-refractivity contribution is 0.684. The molecule has 15 heavy (non-hydrogen) atoms. The first kappa shape index (κ1) is 8.86. The Bertz CT molecular complexity index is 584. The van der Waals surface area contributed by atoms with Crippen LogP contribution in [0.3, 0.4) is 0 Å². The minimum absolute atomic E-state index is 0.644. The second-order valence-electron chi connectivity index (χ2n) is 3.65. The molecule has 0 saturated carbocycles.